The lowest BCUT2D eigenvalue weighted by Gasteiger charge is -2.14. The summed E-state index contributed by atoms with van der Waals surface area (Å²) in [6, 6.07) is 8.41. The van der Waals surface area contributed by atoms with Gasteiger partial charge in [-0.05, 0) is 37.3 Å². The van der Waals surface area contributed by atoms with Crippen molar-refractivity contribution in [3.63, 3.8) is 0 Å². The topological polar surface area (TPSA) is 81.1 Å². The lowest BCUT2D eigenvalue weighted by molar-refractivity contribution is -0.118. The number of nitrogens with one attached hydrogen (secondary N) is 1. The number of fused-ring (bicyclic) bond motifs is 2. The van der Waals surface area contributed by atoms with E-state index >= 15 is 0 Å². The van der Waals surface area contributed by atoms with E-state index < -0.39 is 6.04 Å². The lowest BCUT2D eigenvalue weighted by atomic mass is 10.0. The van der Waals surface area contributed by atoms with Crippen molar-refractivity contribution in [1.82, 2.24) is 9.55 Å². The molecule has 6 nitrogen and oxygen atoms in total. The summed E-state index contributed by atoms with van der Waals surface area (Å²) in [6.45, 7) is 1.67. The number of benzene rings is 1. The Hall–Kier alpha value is -2.80. The van der Waals surface area contributed by atoms with Crippen molar-refractivity contribution >= 4 is 38.9 Å². The third-order valence-electron chi connectivity index (χ3n) is 4.64. The molecule has 3 aromatic rings. The van der Waals surface area contributed by atoms with Gasteiger partial charge in [0.15, 0.2) is 10.9 Å². The Balaban J connectivity index is 1.60. The molecular weight excluding hydrogens is 350 g/mol. The molecule has 1 aromatic carbocycles. The summed E-state index contributed by atoms with van der Waals surface area (Å²) >= 11 is 1.21. The maximum atomic E-state index is 12.7. The lowest BCUT2D eigenvalue weighted by Crippen LogP contribution is -2.31. The van der Waals surface area contributed by atoms with E-state index in [4.69, 9.17) is 0 Å². The standard InChI is InChI=1S/C19H17N3O3S/c1-11(22-10-9-12-5-2-3-6-13(12)18(22)25)17(24)21-19-20-14-7-4-8-15(23)16(14)26-19/h2-3,5-6,9-11H,4,7-8H2,1H3,(H,20,21,24). The van der Waals surface area contributed by atoms with Crippen LogP contribution in [0.1, 0.15) is 41.2 Å². The van der Waals surface area contributed by atoms with Gasteiger partial charge >= 0.3 is 0 Å². The first-order valence-corrected chi connectivity index (χ1v) is 9.30. The molecule has 4 rings (SSSR count). The minimum absolute atomic E-state index is 0.0862. The van der Waals surface area contributed by atoms with Gasteiger partial charge in [-0.15, -0.1) is 0 Å². The Morgan fingerprint density at radius 3 is 2.85 bits per heavy atom. The number of amides is 1. The van der Waals surface area contributed by atoms with Crippen LogP contribution in [0.15, 0.2) is 41.3 Å². The van der Waals surface area contributed by atoms with Gasteiger partial charge in [0.25, 0.3) is 5.56 Å². The van der Waals surface area contributed by atoms with E-state index in [1.165, 1.54) is 15.9 Å². The Morgan fingerprint density at radius 2 is 2.04 bits per heavy atom. The van der Waals surface area contributed by atoms with Crippen molar-refractivity contribution in [3.05, 3.63) is 57.5 Å². The number of anilines is 1. The molecule has 0 spiro atoms. The predicted molar refractivity (Wildman–Crippen MR) is 101 cm³/mol. The summed E-state index contributed by atoms with van der Waals surface area (Å²) in [4.78, 5) is 42.2. The maximum absolute atomic E-state index is 12.7. The van der Waals surface area contributed by atoms with E-state index in [0.29, 0.717) is 21.8 Å². The van der Waals surface area contributed by atoms with Gasteiger partial charge in [-0.2, -0.15) is 0 Å². The van der Waals surface area contributed by atoms with Crippen LogP contribution in [0.25, 0.3) is 10.8 Å². The van der Waals surface area contributed by atoms with E-state index in [0.717, 1.165) is 23.9 Å². The van der Waals surface area contributed by atoms with Gasteiger partial charge in [-0.3, -0.25) is 14.4 Å². The molecule has 0 saturated heterocycles. The van der Waals surface area contributed by atoms with Gasteiger partial charge in [-0.25, -0.2) is 4.98 Å². The summed E-state index contributed by atoms with van der Waals surface area (Å²) in [7, 11) is 0. The van der Waals surface area contributed by atoms with Crippen LogP contribution in [-0.2, 0) is 11.2 Å². The van der Waals surface area contributed by atoms with Gasteiger partial charge in [0.2, 0.25) is 5.91 Å². The summed E-state index contributed by atoms with van der Waals surface area (Å²) in [6.07, 6.45) is 3.72. The molecule has 132 valence electrons. The Bertz CT molecular complexity index is 1080. The van der Waals surface area contributed by atoms with Gasteiger partial charge in [0, 0.05) is 18.0 Å². The average Bonchev–Trinajstić information content (AvgIpc) is 3.05. The number of carbonyl (C=O) groups is 2. The van der Waals surface area contributed by atoms with E-state index in [9.17, 15) is 14.4 Å². The number of ketones is 1. The number of Topliss-reactive ketones (excluding diaryl/α,β-unsaturated/α-hetero) is 1. The molecule has 1 N–H and O–H groups in total. The summed E-state index contributed by atoms with van der Waals surface area (Å²) in [5.74, 6) is -0.246. The van der Waals surface area contributed by atoms with Crippen LogP contribution in [0.5, 0.6) is 0 Å². The highest BCUT2D eigenvalue weighted by Gasteiger charge is 2.24. The molecule has 0 radical (unpaired) electrons. The molecule has 1 aliphatic rings. The summed E-state index contributed by atoms with van der Waals surface area (Å²) < 4.78 is 1.41. The summed E-state index contributed by atoms with van der Waals surface area (Å²) in [5.41, 5.74) is 0.552. The molecule has 0 bridgehead atoms. The fourth-order valence-electron chi connectivity index (χ4n) is 3.17. The normalized spacial score (nSPS) is 14.9. The van der Waals surface area contributed by atoms with Crippen molar-refractivity contribution in [3.8, 4) is 0 Å². The molecule has 1 amide bonds. The second-order valence-corrected chi connectivity index (χ2v) is 7.35. The first-order chi connectivity index (χ1) is 12.5. The molecule has 2 heterocycles. The second-order valence-electron chi connectivity index (χ2n) is 6.35. The zero-order valence-electron chi connectivity index (χ0n) is 14.2. The van der Waals surface area contributed by atoms with Crippen LogP contribution in [0.2, 0.25) is 0 Å². The quantitative estimate of drug-likeness (QED) is 0.771. The first kappa shape index (κ1) is 16.7. The second kappa shape index (κ2) is 6.49. The molecule has 26 heavy (non-hydrogen) atoms. The Kier molecular flexibility index (Phi) is 4.16. The van der Waals surface area contributed by atoms with Crippen LogP contribution in [0, 0.1) is 0 Å². The van der Waals surface area contributed by atoms with Crippen molar-refractivity contribution in [1.29, 1.82) is 0 Å². The third-order valence-corrected chi connectivity index (χ3v) is 5.69. The fourth-order valence-corrected chi connectivity index (χ4v) is 4.15. The zero-order chi connectivity index (χ0) is 18.3. The monoisotopic (exact) mass is 367 g/mol. The Labute approximate surface area is 153 Å². The number of hydrogen-bond donors (Lipinski definition) is 1. The number of nitrogens with zero attached hydrogens (tertiary/aromatic N) is 2. The maximum Gasteiger partial charge on any atom is 0.259 e. The molecule has 1 atom stereocenters. The Morgan fingerprint density at radius 1 is 1.23 bits per heavy atom. The number of aromatic nitrogens is 2. The first-order valence-electron chi connectivity index (χ1n) is 8.48. The van der Waals surface area contributed by atoms with Crippen molar-refractivity contribution in [2.75, 3.05) is 5.32 Å². The molecule has 0 saturated carbocycles. The van der Waals surface area contributed by atoms with Crippen molar-refractivity contribution < 1.29 is 9.59 Å². The minimum Gasteiger partial charge on any atom is -0.303 e. The predicted octanol–water partition coefficient (Wildman–Crippen LogP) is 3.18. The van der Waals surface area contributed by atoms with Crippen LogP contribution >= 0.6 is 11.3 Å². The van der Waals surface area contributed by atoms with Gasteiger partial charge in [0.05, 0.1) is 10.6 Å². The average molecular weight is 367 g/mol. The van der Waals surface area contributed by atoms with E-state index in [-0.39, 0.29) is 17.2 Å². The largest absolute Gasteiger partial charge is 0.303 e. The number of hydrogen-bond acceptors (Lipinski definition) is 5. The van der Waals surface area contributed by atoms with Crippen LogP contribution < -0.4 is 10.9 Å². The van der Waals surface area contributed by atoms with E-state index in [1.54, 1.807) is 25.3 Å². The SMILES string of the molecule is CC(C(=O)Nc1nc2c(s1)C(=O)CCC2)n1ccc2ccccc2c1=O. The van der Waals surface area contributed by atoms with Gasteiger partial charge in [0.1, 0.15) is 6.04 Å². The molecule has 7 heteroatoms. The number of carbonyl (C=O) groups excluding carboxylic acids is 2. The summed E-state index contributed by atoms with van der Waals surface area (Å²) in [5, 5.41) is 4.58. The molecule has 1 aliphatic carbocycles. The molecular formula is C19H17N3O3S. The third kappa shape index (κ3) is 2.84. The number of rotatable bonds is 3. The number of thiazole rings is 1. The minimum atomic E-state index is -0.691. The van der Waals surface area contributed by atoms with E-state index in [1.807, 2.05) is 18.2 Å². The van der Waals surface area contributed by atoms with E-state index in [2.05, 4.69) is 10.3 Å². The molecule has 0 fully saturated rings. The number of aryl methyl sites for hydroxylation is 1. The molecule has 2 aromatic heterocycles. The molecule has 0 aliphatic heterocycles. The smallest absolute Gasteiger partial charge is 0.259 e. The highest BCUT2D eigenvalue weighted by molar-refractivity contribution is 7.17. The van der Waals surface area contributed by atoms with Crippen LogP contribution in [0.3, 0.4) is 0 Å². The fraction of sp³-hybridized carbons (Fsp3) is 0.263. The van der Waals surface area contributed by atoms with Gasteiger partial charge in [-0.1, -0.05) is 29.5 Å². The van der Waals surface area contributed by atoms with Crippen LogP contribution in [0.4, 0.5) is 5.13 Å². The van der Waals surface area contributed by atoms with Gasteiger partial charge < -0.3 is 9.88 Å². The number of pyridine rings is 1. The highest BCUT2D eigenvalue weighted by atomic mass is 32.1. The van der Waals surface area contributed by atoms with Crippen molar-refractivity contribution in [2.24, 2.45) is 0 Å². The van der Waals surface area contributed by atoms with Crippen LogP contribution in [-0.4, -0.2) is 21.2 Å². The molecule has 1 unspecified atom stereocenters. The highest BCUT2D eigenvalue weighted by Crippen LogP contribution is 2.30. The van der Waals surface area contributed by atoms with Crippen molar-refractivity contribution in [2.45, 2.75) is 32.2 Å². The zero-order valence-corrected chi connectivity index (χ0v) is 15.0.